The molecule has 0 aromatic carbocycles. The smallest absolute Gasteiger partial charge is 0.184 e. The first-order chi connectivity index (χ1) is 8.68. The van der Waals surface area contributed by atoms with Crippen molar-refractivity contribution >= 4 is 8.32 Å². The minimum Gasteiger partial charge on any atom is -0.412 e. The van der Waals surface area contributed by atoms with Crippen molar-refractivity contribution in [1.82, 2.24) is 0 Å². The zero-order valence-corrected chi connectivity index (χ0v) is 14.8. The summed E-state index contributed by atoms with van der Waals surface area (Å²) in [6, 6.07) is 0. The summed E-state index contributed by atoms with van der Waals surface area (Å²) in [5.74, 6) is 3.69. The van der Waals surface area contributed by atoms with Gasteiger partial charge in [0.1, 0.15) is 0 Å². The van der Waals surface area contributed by atoms with Gasteiger partial charge in [-0.3, -0.25) is 0 Å². The first kappa shape index (κ1) is 14.1. The molecule has 0 amide bonds. The molecule has 0 spiro atoms. The Morgan fingerprint density at radius 1 is 1.05 bits per heavy atom. The lowest BCUT2D eigenvalue weighted by molar-refractivity contribution is 0.00447. The number of fused-ring (bicyclic) bond motifs is 3. The highest BCUT2D eigenvalue weighted by Crippen LogP contribution is 2.71. The fraction of sp³-hybridized carbons (Fsp3) is 1.00. The molecule has 1 nitrogen and oxygen atoms in total. The average Bonchev–Trinajstić information content (AvgIpc) is 2.81. The maximum absolute atomic E-state index is 6.63. The van der Waals surface area contributed by atoms with E-state index < -0.39 is 8.32 Å². The van der Waals surface area contributed by atoms with E-state index in [4.69, 9.17) is 4.43 Å². The van der Waals surface area contributed by atoms with Crippen LogP contribution in [-0.4, -0.2) is 13.9 Å². The van der Waals surface area contributed by atoms with Crippen molar-refractivity contribution in [3.63, 3.8) is 0 Å². The van der Waals surface area contributed by atoms with Crippen LogP contribution in [0.1, 0.15) is 52.9 Å². The normalized spacial score (nSPS) is 49.1. The highest BCUT2D eigenvalue weighted by atomic mass is 28.4. The van der Waals surface area contributed by atoms with Gasteiger partial charge in [0.2, 0.25) is 0 Å². The van der Waals surface area contributed by atoms with E-state index in [2.05, 4.69) is 40.4 Å². The van der Waals surface area contributed by atoms with Crippen LogP contribution < -0.4 is 0 Å². The summed E-state index contributed by atoms with van der Waals surface area (Å²) in [5, 5.41) is 0. The van der Waals surface area contributed by atoms with Gasteiger partial charge in [0.25, 0.3) is 0 Å². The quantitative estimate of drug-likeness (QED) is 0.655. The zero-order chi connectivity index (χ0) is 14.1. The van der Waals surface area contributed by atoms with Crippen molar-refractivity contribution in [1.29, 1.82) is 0 Å². The monoisotopic (exact) mass is 280 g/mol. The molecule has 110 valence electrons. The second-order valence-corrected chi connectivity index (χ2v) is 13.6. The molecule has 3 fully saturated rings. The van der Waals surface area contributed by atoms with E-state index in [0.717, 1.165) is 23.7 Å². The molecule has 2 unspecified atom stereocenters. The summed E-state index contributed by atoms with van der Waals surface area (Å²) in [5.41, 5.74) is 0.960. The SMILES string of the molecule is CC(C)[C@H]1CC[C@@H]2C3CC3(O[Si](C)(C)C)CC[C@]12C. The third-order valence-corrected chi connectivity index (χ3v) is 7.47. The Morgan fingerprint density at radius 2 is 1.74 bits per heavy atom. The van der Waals surface area contributed by atoms with Gasteiger partial charge in [0, 0.05) is 0 Å². The summed E-state index contributed by atoms with van der Waals surface area (Å²) in [4.78, 5) is 0. The number of rotatable bonds is 3. The van der Waals surface area contributed by atoms with Gasteiger partial charge in [-0.2, -0.15) is 0 Å². The van der Waals surface area contributed by atoms with Gasteiger partial charge in [0.05, 0.1) is 5.60 Å². The van der Waals surface area contributed by atoms with Crippen molar-refractivity contribution < 1.29 is 4.43 Å². The average molecular weight is 281 g/mol. The molecule has 0 heterocycles. The Bertz CT molecular complexity index is 372. The minimum absolute atomic E-state index is 0.334. The summed E-state index contributed by atoms with van der Waals surface area (Å²) in [7, 11) is -1.38. The molecule has 0 aliphatic heterocycles. The third-order valence-electron chi connectivity index (χ3n) is 6.45. The van der Waals surface area contributed by atoms with Crippen LogP contribution in [0.25, 0.3) is 0 Å². The second kappa shape index (κ2) is 4.10. The molecule has 0 aromatic rings. The molecule has 5 atom stereocenters. The second-order valence-electron chi connectivity index (χ2n) is 9.13. The molecule has 0 N–H and O–H groups in total. The lowest BCUT2D eigenvalue weighted by Gasteiger charge is -2.45. The Hall–Kier alpha value is 0.177. The third kappa shape index (κ3) is 2.14. The van der Waals surface area contributed by atoms with Gasteiger partial charge in [-0.15, -0.1) is 0 Å². The maximum Gasteiger partial charge on any atom is 0.184 e. The van der Waals surface area contributed by atoms with E-state index >= 15 is 0 Å². The van der Waals surface area contributed by atoms with Crippen LogP contribution in [0.5, 0.6) is 0 Å². The number of hydrogen-bond donors (Lipinski definition) is 0. The largest absolute Gasteiger partial charge is 0.412 e. The molecule has 3 aliphatic rings. The molecule has 0 radical (unpaired) electrons. The molecule has 2 heteroatoms. The molecular formula is C17H32OSi. The molecule has 0 saturated heterocycles. The minimum atomic E-state index is -1.38. The van der Waals surface area contributed by atoms with Gasteiger partial charge in [-0.1, -0.05) is 20.8 Å². The summed E-state index contributed by atoms with van der Waals surface area (Å²) >= 11 is 0. The van der Waals surface area contributed by atoms with Crippen molar-refractivity contribution in [2.45, 2.75) is 78.1 Å². The van der Waals surface area contributed by atoms with Gasteiger partial charge < -0.3 is 4.43 Å². The van der Waals surface area contributed by atoms with E-state index in [1.807, 2.05) is 0 Å². The summed E-state index contributed by atoms with van der Waals surface area (Å²) < 4.78 is 6.63. The molecular weight excluding hydrogens is 248 g/mol. The molecule has 0 bridgehead atoms. The molecule has 0 aromatic heterocycles. The number of hydrogen-bond acceptors (Lipinski definition) is 1. The topological polar surface area (TPSA) is 9.23 Å². The van der Waals surface area contributed by atoms with Gasteiger partial charge in [-0.05, 0) is 80.8 Å². The van der Waals surface area contributed by atoms with Crippen molar-refractivity contribution in [2.75, 3.05) is 0 Å². The molecule has 3 aliphatic carbocycles. The fourth-order valence-corrected chi connectivity index (χ4v) is 7.35. The van der Waals surface area contributed by atoms with Crippen molar-refractivity contribution in [3.05, 3.63) is 0 Å². The van der Waals surface area contributed by atoms with Crippen molar-refractivity contribution in [2.24, 2.45) is 29.1 Å². The van der Waals surface area contributed by atoms with E-state index in [-0.39, 0.29) is 0 Å². The molecule has 3 rings (SSSR count). The van der Waals surface area contributed by atoms with Crippen LogP contribution in [0.2, 0.25) is 19.6 Å². The first-order valence-corrected chi connectivity index (χ1v) is 11.8. The van der Waals surface area contributed by atoms with E-state index in [9.17, 15) is 0 Å². The standard InChI is InChI=1S/C17H32OSi/c1-12(2)13-7-8-14-15-11-17(15,18-19(4,5)6)10-9-16(13,14)3/h12-15H,7-11H2,1-6H3/t13-,14-,15?,16-,17?/m1/s1. The Kier molecular flexibility index (Phi) is 3.05. The lowest BCUT2D eigenvalue weighted by Crippen LogP contribution is -2.43. The van der Waals surface area contributed by atoms with Crippen LogP contribution in [0.15, 0.2) is 0 Å². The van der Waals surface area contributed by atoms with Gasteiger partial charge in [0.15, 0.2) is 8.32 Å². The molecule has 3 saturated carbocycles. The van der Waals surface area contributed by atoms with Crippen molar-refractivity contribution in [3.8, 4) is 0 Å². The lowest BCUT2D eigenvalue weighted by atomic mass is 9.62. The summed E-state index contributed by atoms with van der Waals surface area (Å²) in [6.45, 7) is 14.5. The summed E-state index contributed by atoms with van der Waals surface area (Å²) in [6.07, 6.45) is 7.08. The van der Waals surface area contributed by atoms with Crippen LogP contribution in [0.3, 0.4) is 0 Å². The predicted molar refractivity (Wildman–Crippen MR) is 83.7 cm³/mol. The fourth-order valence-electron chi connectivity index (χ4n) is 5.79. The van der Waals surface area contributed by atoms with Crippen LogP contribution in [0, 0.1) is 29.1 Å². The van der Waals surface area contributed by atoms with Gasteiger partial charge in [-0.25, -0.2) is 0 Å². The Labute approximate surface area is 120 Å². The van der Waals surface area contributed by atoms with Gasteiger partial charge >= 0.3 is 0 Å². The molecule has 19 heavy (non-hydrogen) atoms. The van der Waals surface area contributed by atoms with Crippen LogP contribution in [-0.2, 0) is 4.43 Å². The predicted octanol–water partition coefficient (Wildman–Crippen LogP) is 5.08. The highest BCUT2D eigenvalue weighted by Gasteiger charge is 2.68. The van der Waals surface area contributed by atoms with E-state index in [0.29, 0.717) is 11.0 Å². The Balaban J connectivity index is 1.77. The van der Waals surface area contributed by atoms with E-state index in [1.165, 1.54) is 32.1 Å². The van der Waals surface area contributed by atoms with Crippen LogP contribution >= 0.6 is 0 Å². The van der Waals surface area contributed by atoms with Crippen LogP contribution in [0.4, 0.5) is 0 Å². The maximum atomic E-state index is 6.63. The first-order valence-electron chi connectivity index (χ1n) is 8.38. The Morgan fingerprint density at radius 3 is 2.32 bits per heavy atom. The highest BCUT2D eigenvalue weighted by molar-refractivity contribution is 6.69. The van der Waals surface area contributed by atoms with E-state index in [1.54, 1.807) is 0 Å². The zero-order valence-electron chi connectivity index (χ0n) is 13.8.